The van der Waals surface area contributed by atoms with Crippen molar-refractivity contribution in [1.29, 1.82) is 0 Å². The van der Waals surface area contributed by atoms with Gasteiger partial charge in [-0.2, -0.15) is 0 Å². The van der Waals surface area contributed by atoms with Crippen LogP contribution >= 0.6 is 0 Å². The molecule has 2 atom stereocenters. The van der Waals surface area contributed by atoms with Gasteiger partial charge in [-0.1, -0.05) is 30.3 Å². The van der Waals surface area contributed by atoms with E-state index in [2.05, 4.69) is 5.32 Å². The second kappa shape index (κ2) is 6.91. The van der Waals surface area contributed by atoms with Crippen molar-refractivity contribution in [3.63, 3.8) is 0 Å². The first kappa shape index (κ1) is 14.3. The number of nitrogens with zero attached hydrogens (tertiary/aromatic N) is 1. The number of benzene rings is 1. The van der Waals surface area contributed by atoms with E-state index < -0.39 is 12.2 Å². The standard InChI is InChI=1S/C14H17N2O4/c17-10-16-7-12(13(18)8-16)6-15-14(19)20-9-11-4-2-1-3-5-11/h1-5,12-13,18H,6-9H2,(H,15,19)/t12-,13+/m1/s1. The van der Waals surface area contributed by atoms with Gasteiger partial charge >= 0.3 is 12.5 Å². The van der Waals surface area contributed by atoms with Crippen LogP contribution in [0.4, 0.5) is 4.79 Å². The zero-order valence-electron chi connectivity index (χ0n) is 11.0. The molecule has 2 amide bonds. The maximum atomic E-state index is 11.5. The van der Waals surface area contributed by atoms with Crippen LogP contribution in [-0.2, 0) is 16.1 Å². The van der Waals surface area contributed by atoms with Gasteiger partial charge in [0.25, 0.3) is 0 Å². The van der Waals surface area contributed by atoms with Gasteiger partial charge in [-0.25, -0.2) is 4.79 Å². The summed E-state index contributed by atoms with van der Waals surface area (Å²) in [6, 6.07) is 9.37. The second-order valence-electron chi connectivity index (χ2n) is 4.77. The molecule has 0 aromatic heterocycles. The van der Waals surface area contributed by atoms with Crippen LogP contribution in [0, 0.1) is 5.92 Å². The molecular formula is C14H17N2O4. The molecule has 1 saturated heterocycles. The zero-order valence-corrected chi connectivity index (χ0v) is 11.0. The lowest BCUT2D eigenvalue weighted by atomic mass is 10.1. The van der Waals surface area contributed by atoms with Gasteiger partial charge in [0.15, 0.2) is 0 Å². The van der Waals surface area contributed by atoms with E-state index in [0.29, 0.717) is 6.54 Å². The lowest BCUT2D eigenvalue weighted by Crippen LogP contribution is -2.34. The van der Waals surface area contributed by atoms with E-state index in [-0.39, 0.29) is 25.6 Å². The Hall–Kier alpha value is -2.08. The Balaban J connectivity index is 1.69. The normalized spacial score (nSPS) is 21.6. The first-order valence-corrected chi connectivity index (χ1v) is 6.44. The predicted octanol–water partition coefficient (Wildman–Crippen LogP) is 0.273. The summed E-state index contributed by atoms with van der Waals surface area (Å²) < 4.78 is 5.05. The molecule has 1 aliphatic heterocycles. The summed E-state index contributed by atoms with van der Waals surface area (Å²) in [6.45, 7) is 1.12. The molecule has 0 bridgehead atoms. The van der Waals surface area contributed by atoms with Crippen LogP contribution in [-0.4, -0.2) is 48.2 Å². The third-order valence-electron chi connectivity index (χ3n) is 3.26. The third kappa shape index (κ3) is 3.96. The molecule has 0 saturated carbocycles. The molecule has 2 rings (SSSR count). The molecule has 1 aromatic carbocycles. The zero-order chi connectivity index (χ0) is 14.4. The van der Waals surface area contributed by atoms with E-state index in [1.165, 1.54) is 4.90 Å². The summed E-state index contributed by atoms with van der Waals surface area (Å²) in [5, 5.41) is 12.3. The molecule has 0 spiro atoms. The highest BCUT2D eigenvalue weighted by Crippen LogP contribution is 2.14. The Labute approximate surface area is 117 Å². The molecular weight excluding hydrogens is 260 g/mol. The number of ether oxygens (including phenoxy) is 1. The van der Waals surface area contributed by atoms with Crippen molar-refractivity contribution in [1.82, 2.24) is 10.2 Å². The Morgan fingerprint density at radius 2 is 2.15 bits per heavy atom. The smallest absolute Gasteiger partial charge is 0.407 e. The molecule has 6 heteroatoms. The van der Waals surface area contributed by atoms with Crippen LogP contribution in [0.5, 0.6) is 0 Å². The second-order valence-corrected chi connectivity index (χ2v) is 4.77. The van der Waals surface area contributed by atoms with Crippen molar-refractivity contribution in [2.24, 2.45) is 5.92 Å². The number of likely N-dealkylation sites (tertiary alicyclic amines) is 1. The van der Waals surface area contributed by atoms with Gasteiger partial charge in [0.2, 0.25) is 0 Å². The van der Waals surface area contributed by atoms with Crippen molar-refractivity contribution in [3.05, 3.63) is 35.9 Å². The number of β-amino-alcohol motifs (C(OH)–C–C–N with tert-alkyl or cyclic N) is 1. The number of nitrogens with one attached hydrogen (secondary N) is 1. The third-order valence-corrected chi connectivity index (χ3v) is 3.26. The van der Waals surface area contributed by atoms with Crippen LogP contribution in [0.2, 0.25) is 0 Å². The Kier molecular flexibility index (Phi) is 4.95. The summed E-state index contributed by atoms with van der Waals surface area (Å²) in [6.07, 6.45) is 0.572. The van der Waals surface area contributed by atoms with E-state index in [9.17, 15) is 14.7 Å². The number of aliphatic hydroxyl groups is 1. The van der Waals surface area contributed by atoms with Crippen LogP contribution in [0.3, 0.4) is 0 Å². The molecule has 1 fully saturated rings. The van der Waals surface area contributed by atoms with Gasteiger partial charge in [0.05, 0.1) is 6.10 Å². The molecule has 107 valence electrons. The number of rotatable bonds is 5. The largest absolute Gasteiger partial charge is 0.445 e. The van der Waals surface area contributed by atoms with Gasteiger partial charge in [0.1, 0.15) is 6.61 Å². The molecule has 20 heavy (non-hydrogen) atoms. The average Bonchev–Trinajstić information content (AvgIpc) is 2.84. The number of aliphatic hydroxyl groups excluding tert-OH is 1. The Bertz CT molecular complexity index is 452. The van der Waals surface area contributed by atoms with Gasteiger partial charge in [-0.3, -0.25) is 4.79 Å². The lowest BCUT2D eigenvalue weighted by molar-refractivity contribution is 0.125. The maximum absolute atomic E-state index is 11.5. The molecule has 0 aliphatic carbocycles. The highest BCUT2D eigenvalue weighted by atomic mass is 16.5. The van der Waals surface area contributed by atoms with Crippen molar-refractivity contribution >= 4 is 12.5 Å². The topological polar surface area (TPSA) is 78.9 Å². The van der Waals surface area contributed by atoms with E-state index in [4.69, 9.17) is 4.74 Å². The van der Waals surface area contributed by atoms with Gasteiger partial charge in [-0.05, 0) is 5.56 Å². The van der Waals surface area contributed by atoms with Gasteiger partial charge in [0, 0.05) is 25.6 Å². The fourth-order valence-electron chi connectivity index (χ4n) is 2.12. The van der Waals surface area contributed by atoms with Crippen molar-refractivity contribution in [2.75, 3.05) is 19.6 Å². The number of hydrogen-bond donors (Lipinski definition) is 2. The molecule has 0 unspecified atom stereocenters. The molecule has 2 N–H and O–H groups in total. The van der Waals surface area contributed by atoms with Gasteiger partial charge in [-0.15, -0.1) is 0 Å². The van der Waals surface area contributed by atoms with Gasteiger partial charge < -0.3 is 20.1 Å². The SMILES string of the molecule is O=[C]N1C[C@@H](CNC(=O)OCc2ccccc2)[C@@H](O)C1. The number of carbonyl (C=O) groups is 1. The van der Waals surface area contributed by atoms with Crippen LogP contribution < -0.4 is 5.32 Å². The summed E-state index contributed by atoms with van der Waals surface area (Å²) in [4.78, 5) is 23.4. The Morgan fingerprint density at radius 1 is 1.40 bits per heavy atom. The highest BCUT2D eigenvalue weighted by Gasteiger charge is 2.31. The average molecular weight is 277 g/mol. The molecule has 1 heterocycles. The number of carbonyl (C=O) groups excluding carboxylic acids is 2. The fourth-order valence-corrected chi connectivity index (χ4v) is 2.12. The molecule has 1 aromatic rings. The maximum Gasteiger partial charge on any atom is 0.407 e. The van der Waals surface area contributed by atoms with Crippen molar-refractivity contribution < 1.29 is 19.4 Å². The summed E-state index contributed by atoms with van der Waals surface area (Å²) in [7, 11) is 0. The lowest BCUT2D eigenvalue weighted by Gasteiger charge is -2.14. The van der Waals surface area contributed by atoms with Crippen molar-refractivity contribution in [3.8, 4) is 0 Å². The monoisotopic (exact) mass is 277 g/mol. The quantitative estimate of drug-likeness (QED) is 0.810. The minimum atomic E-state index is -0.633. The Morgan fingerprint density at radius 3 is 2.80 bits per heavy atom. The fraction of sp³-hybridized carbons (Fsp3) is 0.429. The van der Waals surface area contributed by atoms with E-state index >= 15 is 0 Å². The van der Waals surface area contributed by atoms with Crippen LogP contribution in [0.15, 0.2) is 30.3 Å². The minimum Gasteiger partial charge on any atom is -0.445 e. The summed E-state index contributed by atoms with van der Waals surface area (Å²) >= 11 is 0. The molecule has 1 aliphatic rings. The number of amides is 2. The summed E-state index contributed by atoms with van der Waals surface area (Å²) in [5.41, 5.74) is 0.908. The predicted molar refractivity (Wildman–Crippen MR) is 71.4 cm³/mol. The first-order chi connectivity index (χ1) is 9.69. The van der Waals surface area contributed by atoms with E-state index in [0.717, 1.165) is 5.56 Å². The summed E-state index contributed by atoms with van der Waals surface area (Å²) in [5.74, 6) is -0.180. The van der Waals surface area contributed by atoms with E-state index in [1.54, 1.807) is 6.41 Å². The van der Waals surface area contributed by atoms with Crippen LogP contribution in [0.25, 0.3) is 0 Å². The molecule has 1 radical (unpaired) electrons. The van der Waals surface area contributed by atoms with Crippen LogP contribution in [0.1, 0.15) is 5.56 Å². The molecule has 6 nitrogen and oxygen atoms in total. The van der Waals surface area contributed by atoms with E-state index in [1.807, 2.05) is 30.3 Å². The highest BCUT2D eigenvalue weighted by molar-refractivity contribution is 5.67. The van der Waals surface area contributed by atoms with Crippen molar-refractivity contribution in [2.45, 2.75) is 12.7 Å². The number of hydrogen-bond acceptors (Lipinski definition) is 4. The first-order valence-electron chi connectivity index (χ1n) is 6.44. The number of alkyl carbamates (subject to hydrolysis) is 1. The minimum absolute atomic E-state index is 0.180.